The number of fused-ring (bicyclic) bond motifs is 1. The molecule has 1 saturated heterocycles. The van der Waals surface area contributed by atoms with E-state index >= 15 is 0 Å². The minimum absolute atomic E-state index is 0.545. The summed E-state index contributed by atoms with van der Waals surface area (Å²) in [5.41, 5.74) is 1.04. The van der Waals surface area contributed by atoms with Crippen molar-refractivity contribution in [1.29, 1.82) is 0 Å². The van der Waals surface area contributed by atoms with Gasteiger partial charge in [0, 0.05) is 49.0 Å². The lowest BCUT2D eigenvalue weighted by atomic mass is 10.3. The number of ether oxygens (including phenoxy) is 1. The Morgan fingerprint density at radius 1 is 1.44 bits per heavy atom. The lowest BCUT2D eigenvalue weighted by molar-refractivity contribution is 0.398. The maximum Gasteiger partial charge on any atom is 0.212 e. The van der Waals surface area contributed by atoms with E-state index in [0.717, 1.165) is 30.5 Å². The number of nitrogens with zero attached hydrogens (tertiary/aromatic N) is 2. The summed E-state index contributed by atoms with van der Waals surface area (Å²) in [6.07, 6.45) is 3.72. The summed E-state index contributed by atoms with van der Waals surface area (Å²) in [5, 5.41) is 3.36. The topological polar surface area (TPSA) is 46.5 Å². The summed E-state index contributed by atoms with van der Waals surface area (Å²) in [6.45, 7) is 2.26. The van der Waals surface area contributed by atoms with Gasteiger partial charge in [0.25, 0.3) is 0 Å². The predicted molar refractivity (Wildman–Crippen MR) is 62.0 cm³/mol. The Kier molecular flexibility index (Phi) is 2.36. The van der Waals surface area contributed by atoms with Crippen molar-refractivity contribution in [1.82, 2.24) is 10.3 Å². The molecular weight excluding hydrogens is 202 g/mol. The first kappa shape index (κ1) is 9.78. The molecule has 1 aliphatic carbocycles. The van der Waals surface area contributed by atoms with Crippen molar-refractivity contribution in [3.63, 3.8) is 0 Å². The SMILES string of the molecule is COc1ccc(C=NC2C3CNCC32)cn1. The van der Waals surface area contributed by atoms with Gasteiger partial charge in [0.1, 0.15) is 0 Å². The number of nitrogens with one attached hydrogen (secondary N) is 1. The van der Waals surface area contributed by atoms with Gasteiger partial charge in [-0.3, -0.25) is 4.99 Å². The van der Waals surface area contributed by atoms with E-state index in [2.05, 4.69) is 15.3 Å². The van der Waals surface area contributed by atoms with Gasteiger partial charge in [-0.1, -0.05) is 0 Å². The zero-order valence-corrected chi connectivity index (χ0v) is 9.26. The van der Waals surface area contributed by atoms with E-state index in [-0.39, 0.29) is 0 Å². The second kappa shape index (κ2) is 3.87. The van der Waals surface area contributed by atoms with E-state index in [1.54, 1.807) is 13.3 Å². The Morgan fingerprint density at radius 2 is 2.25 bits per heavy atom. The molecule has 0 amide bonds. The lowest BCUT2D eigenvalue weighted by Crippen LogP contribution is -2.15. The van der Waals surface area contributed by atoms with E-state index in [4.69, 9.17) is 4.74 Å². The Bertz CT molecular complexity index is 391. The van der Waals surface area contributed by atoms with Crippen LogP contribution in [0.3, 0.4) is 0 Å². The second-order valence-corrected chi connectivity index (χ2v) is 4.39. The Labute approximate surface area is 94.8 Å². The first-order chi connectivity index (χ1) is 7.88. The van der Waals surface area contributed by atoms with Crippen molar-refractivity contribution in [3.05, 3.63) is 23.9 Å². The minimum atomic E-state index is 0.545. The van der Waals surface area contributed by atoms with Gasteiger partial charge in [0.05, 0.1) is 13.2 Å². The van der Waals surface area contributed by atoms with Crippen molar-refractivity contribution in [2.24, 2.45) is 16.8 Å². The highest BCUT2D eigenvalue weighted by atomic mass is 16.5. The molecular formula is C12H15N3O. The van der Waals surface area contributed by atoms with Crippen LogP contribution >= 0.6 is 0 Å². The highest BCUT2D eigenvalue weighted by Gasteiger charge is 2.52. The average molecular weight is 217 g/mol. The molecule has 0 bridgehead atoms. The summed E-state index contributed by atoms with van der Waals surface area (Å²) in [5.74, 6) is 2.20. The Hall–Kier alpha value is -1.42. The number of piperidine rings is 1. The van der Waals surface area contributed by atoms with Crippen LogP contribution in [-0.2, 0) is 0 Å². The van der Waals surface area contributed by atoms with Gasteiger partial charge in [-0.2, -0.15) is 0 Å². The fourth-order valence-corrected chi connectivity index (χ4v) is 2.37. The summed E-state index contributed by atoms with van der Waals surface area (Å²) < 4.78 is 5.00. The second-order valence-electron chi connectivity index (χ2n) is 4.39. The summed E-state index contributed by atoms with van der Waals surface area (Å²) in [4.78, 5) is 8.74. The van der Waals surface area contributed by atoms with Gasteiger partial charge in [-0.25, -0.2) is 4.98 Å². The number of aliphatic imine (C=N–C) groups is 1. The molecule has 3 rings (SSSR count). The smallest absolute Gasteiger partial charge is 0.212 e. The van der Waals surface area contributed by atoms with Gasteiger partial charge in [-0.05, 0) is 6.07 Å². The van der Waals surface area contributed by atoms with Crippen LogP contribution < -0.4 is 10.1 Å². The van der Waals surface area contributed by atoms with E-state index in [1.807, 2.05) is 18.3 Å². The maximum absolute atomic E-state index is 5.00. The molecule has 1 N–H and O–H groups in total. The van der Waals surface area contributed by atoms with Crippen LogP contribution in [0.2, 0.25) is 0 Å². The molecule has 4 nitrogen and oxygen atoms in total. The third-order valence-corrected chi connectivity index (χ3v) is 3.41. The fraction of sp³-hybridized carbons (Fsp3) is 0.500. The van der Waals surface area contributed by atoms with E-state index in [9.17, 15) is 0 Å². The predicted octanol–water partition coefficient (Wildman–Crippen LogP) is 0.727. The molecule has 2 heterocycles. The zero-order valence-electron chi connectivity index (χ0n) is 9.26. The molecule has 0 spiro atoms. The molecule has 1 aromatic heterocycles. The van der Waals surface area contributed by atoms with Crippen molar-refractivity contribution in [2.75, 3.05) is 20.2 Å². The molecule has 2 aliphatic rings. The molecule has 16 heavy (non-hydrogen) atoms. The third kappa shape index (κ3) is 1.69. The van der Waals surface area contributed by atoms with Crippen molar-refractivity contribution >= 4 is 6.21 Å². The van der Waals surface area contributed by atoms with Gasteiger partial charge in [0.15, 0.2) is 0 Å². The molecule has 1 aromatic rings. The van der Waals surface area contributed by atoms with Crippen LogP contribution in [0.15, 0.2) is 23.3 Å². The number of hydrogen-bond donors (Lipinski definition) is 1. The lowest BCUT2D eigenvalue weighted by Gasteiger charge is -1.99. The van der Waals surface area contributed by atoms with Crippen molar-refractivity contribution < 1.29 is 4.74 Å². The highest BCUT2D eigenvalue weighted by Crippen LogP contribution is 2.44. The van der Waals surface area contributed by atoms with Crippen molar-refractivity contribution in [3.8, 4) is 5.88 Å². The van der Waals surface area contributed by atoms with E-state index < -0.39 is 0 Å². The van der Waals surface area contributed by atoms with Gasteiger partial charge < -0.3 is 10.1 Å². The summed E-state index contributed by atoms with van der Waals surface area (Å²) in [6, 6.07) is 4.38. The molecule has 0 radical (unpaired) electrons. The number of methoxy groups -OCH3 is 1. The van der Waals surface area contributed by atoms with Crippen LogP contribution in [0.1, 0.15) is 5.56 Å². The summed E-state index contributed by atoms with van der Waals surface area (Å²) >= 11 is 0. The Morgan fingerprint density at radius 3 is 2.88 bits per heavy atom. The van der Waals surface area contributed by atoms with Crippen LogP contribution in [0, 0.1) is 11.8 Å². The third-order valence-electron chi connectivity index (χ3n) is 3.41. The molecule has 2 fully saturated rings. The average Bonchev–Trinajstić information content (AvgIpc) is 2.77. The quantitative estimate of drug-likeness (QED) is 0.759. The van der Waals surface area contributed by atoms with Gasteiger partial charge >= 0.3 is 0 Å². The van der Waals surface area contributed by atoms with Gasteiger partial charge in [0.2, 0.25) is 5.88 Å². The Balaban J connectivity index is 1.63. The molecule has 2 unspecified atom stereocenters. The standard InChI is InChI=1S/C12H15N3O/c1-16-11-3-2-8(4-14-11)5-15-12-9-6-13-7-10(9)12/h2-5,9-10,12-13H,6-7H2,1H3. The minimum Gasteiger partial charge on any atom is -0.481 e. The maximum atomic E-state index is 5.00. The van der Waals surface area contributed by atoms with Crippen molar-refractivity contribution in [2.45, 2.75) is 6.04 Å². The highest BCUT2D eigenvalue weighted by molar-refractivity contribution is 5.79. The first-order valence-electron chi connectivity index (χ1n) is 5.62. The van der Waals surface area contributed by atoms with Gasteiger partial charge in [-0.15, -0.1) is 0 Å². The van der Waals surface area contributed by atoms with Crippen LogP contribution in [0.4, 0.5) is 0 Å². The molecule has 0 aromatic carbocycles. The summed E-state index contributed by atoms with van der Waals surface area (Å²) in [7, 11) is 1.62. The number of pyridine rings is 1. The number of rotatable bonds is 3. The first-order valence-corrected chi connectivity index (χ1v) is 5.62. The normalized spacial score (nSPS) is 31.7. The zero-order chi connectivity index (χ0) is 11.0. The largest absolute Gasteiger partial charge is 0.481 e. The molecule has 2 atom stereocenters. The van der Waals surface area contributed by atoms with Crippen LogP contribution in [0.25, 0.3) is 0 Å². The van der Waals surface area contributed by atoms with Crippen LogP contribution in [0.5, 0.6) is 5.88 Å². The van der Waals surface area contributed by atoms with E-state index in [1.165, 1.54) is 0 Å². The molecule has 84 valence electrons. The van der Waals surface area contributed by atoms with Crippen LogP contribution in [-0.4, -0.2) is 37.4 Å². The number of aromatic nitrogens is 1. The van der Waals surface area contributed by atoms with E-state index in [0.29, 0.717) is 11.9 Å². The number of hydrogen-bond acceptors (Lipinski definition) is 4. The monoisotopic (exact) mass is 217 g/mol. The molecule has 1 saturated carbocycles. The molecule has 4 heteroatoms. The fourth-order valence-electron chi connectivity index (χ4n) is 2.37. The molecule has 1 aliphatic heterocycles.